The van der Waals surface area contributed by atoms with Gasteiger partial charge in [-0.3, -0.25) is 4.98 Å². The Labute approximate surface area is 113 Å². The molecule has 3 heteroatoms. The van der Waals surface area contributed by atoms with Crippen LogP contribution in [0.15, 0.2) is 42.7 Å². The minimum absolute atomic E-state index is 0.727. The maximum absolute atomic E-state index is 4.12. The van der Waals surface area contributed by atoms with Crippen LogP contribution in [-0.4, -0.2) is 18.1 Å². The highest BCUT2D eigenvalue weighted by molar-refractivity contribution is 5.75. The average molecular weight is 251 g/mol. The molecule has 96 valence electrons. The minimum Gasteiger partial charge on any atom is -0.385 e. The van der Waals surface area contributed by atoms with Gasteiger partial charge in [-0.1, -0.05) is 6.07 Å². The number of hydrogen-bond donors (Lipinski definition) is 1. The first-order chi connectivity index (χ1) is 9.43. The Morgan fingerprint density at radius 3 is 2.89 bits per heavy atom. The van der Waals surface area contributed by atoms with Gasteiger partial charge in [-0.05, 0) is 43.0 Å². The van der Waals surface area contributed by atoms with E-state index >= 15 is 0 Å². The Morgan fingerprint density at radius 2 is 2.00 bits per heavy atom. The van der Waals surface area contributed by atoms with Crippen LogP contribution in [0.2, 0.25) is 0 Å². The molecule has 3 nitrogen and oxygen atoms in total. The molecule has 4 rings (SSSR count). The molecule has 19 heavy (non-hydrogen) atoms. The van der Waals surface area contributed by atoms with Crippen LogP contribution >= 0.6 is 0 Å². The van der Waals surface area contributed by atoms with Crippen molar-refractivity contribution in [3.63, 3.8) is 0 Å². The summed E-state index contributed by atoms with van der Waals surface area (Å²) in [5.41, 5.74) is 5.45. The highest BCUT2D eigenvalue weighted by Crippen LogP contribution is 2.46. The van der Waals surface area contributed by atoms with Gasteiger partial charge in [0.2, 0.25) is 0 Å². The molecule has 0 spiro atoms. The third-order valence-electron chi connectivity index (χ3n) is 4.27. The van der Waals surface area contributed by atoms with Crippen LogP contribution in [0.25, 0.3) is 0 Å². The summed E-state index contributed by atoms with van der Waals surface area (Å²) in [6, 6.07) is 10.8. The van der Waals surface area contributed by atoms with Crippen LogP contribution in [0.3, 0.4) is 0 Å². The van der Waals surface area contributed by atoms with Crippen LogP contribution in [0.1, 0.15) is 24.3 Å². The number of nitrogens with zero attached hydrogens (tertiary/aromatic N) is 2. The van der Waals surface area contributed by atoms with E-state index in [9.17, 15) is 0 Å². The lowest BCUT2D eigenvalue weighted by molar-refractivity contribution is 0.561. The van der Waals surface area contributed by atoms with Gasteiger partial charge in [0.1, 0.15) is 0 Å². The lowest BCUT2D eigenvalue weighted by atomic mass is 9.84. The fourth-order valence-electron chi connectivity index (χ4n) is 3.38. The van der Waals surface area contributed by atoms with Crippen LogP contribution < -0.4 is 10.2 Å². The van der Waals surface area contributed by atoms with Crippen molar-refractivity contribution in [2.24, 2.45) is 0 Å². The molecule has 0 amide bonds. The first kappa shape index (κ1) is 10.9. The molecule has 0 fully saturated rings. The van der Waals surface area contributed by atoms with E-state index in [-0.39, 0.29) is 0 Å². The minimum atomic E-state index is 0.727. The van der Waals surface area contributed by atoms with Crippen molar-refractivity contribution in [1.29, 1.82) is 0 Å². The molecular weight excluding hydrogens is 234 g/mol. The van der Waals surface area contributed by atoms with Crippen LogP contribution in [0.4, 0.5) is 17.1 Å². The largest absolute Gasteiger partial charge is 0.385 e. The number of hydrogen-bond acceptors (Lipinski definition) is 3. The Bertz CT molecular complexity index is 594. The molecule has 1 aromatic heterocycles. The third kappa shape index (κ3) is 1.69. The summed E-state index contributed by atoms with van der Waals surface area (Å²) in [6.45, 7) is 2.21. The lowest BCUT2D eigenvalue weighted by Crippen LogP contribution is -2.30. The molecule has 0 aliphatic carbocycles. The van der Waals surface area contributed by atoms with Gasteiger partial charge in [0, 0.05) is 48.1 Å². The SMILES string of the molecule is c1cc2c3c(c1)N(c1ccncc1)CCC3CCN2. The number of pyridine rings is 1. The van der Waals surface area contributed by atoms with Gasteiger partial charge in [0.15, 0.2) is 0 Å². The number of aromatic nitrogens is 1. The standard InChI is InChI=1S/C16H17N3/c1-2-14-16-12(4-10-18-14)7-11-19(15(16)3-1)13-5-8-17-9-6-13/h1-3,5-6,8-9,12,18H,4,7,10-11H2. The zero-order chi connectivity index (χ0) is 12.7. The van der Waals surface area contributed by atoms with Crippen molar-refractivity contribution in [3.8, 4) is 0 Å². The molecule has 2 aliphatic heterocycles. The van der Waals surface area contributed by atoms with Crippen molar-refractivity contribution < 1.29 is 0 Å². The second-order valence-corrected chi connectivity index (χ2v) is 5.30. The van der Waals surface area contributed by atoms with Crippen molar-refractivity contribution in [1.82, 2.24) is 4.98 Å². The van der Waals surface area contributed by atoms with Crippen molar-refractivity contribution in [2.45, 2.75) is 18.8 Å². The zero-order valence-corrected chi connectivity index (χ0v) is 10.8. The summed E-state index contributed by atoms with van der Waals surface area (Å²) in [4.78, 5) is 6.54. The maximum Gasteiger partial charge on any atom is 0.0466 e. The fraction of sp³-hybridized carbons (Fsp3) is 0.312. The molecule has 0 saturated carbocycles. The maximum atomic E-state index is 4.12. The normalized spacial score (nSPS) is 20.6. The fourth-order valence-corrected chi connectivity index (χ4v) is 3.38. The molecule has 0 saturated heterocycles. The summed E-state index contributed by atoms with van der Waals surface area (Å²) in [7, 11) is 0. The Balaban J connectivity index is 1.85. The second-order valence-electron chi connectivity index (χ2n) is 5.30. The summed E-state index contributed by atoms with van der Waals surface area (Å²) in [5, 5.41) is 3.53. The van der Waals surface area contributed by atoms with E-state index in [2.05, 4.69) is 45.5 Å². The Hall–Kier alpha value is -2.03. The molecule has 1 unspecified atom stereocenters. The smallest absolute Gasteiger partial charge is 0.0466 e. The van der Waals surface area contributed by atoms with E-state index in [1.54, 1.807) is 0 Å². The monoisotopic (exact) mass is 251 g/mol. The molecule has 0 bridgehead atoms. The summed E-state index contributed by atoms with van der Waals surface area (Å²) < 4.78 is 0. The quantitative estimate of drug-likeness (QED) is 0.840. The van der Waals surface area contributed by atoms with Gasteiger partial charge in [0.25, 0.3) is 0 Å². The van der Waals surface area contributed by atoms with Crippen molar-refractivity contribution in [3.05, 3.63) is 48.3 Å². The summed E-state index contributed by atoms with van der Waals surface area (Å²) >= 11 is 0. The van der Waals surface area contributed by atoms with Gasteiger partial charge in [-0.15, -0.1) is 0 Å². The van der Waals surface area contributed by atoms with Gasteiger partial charge in [-0.2, -0.15) is 0 Å². The van der Waals surface area contributed by atoms with Gasteiger partial charge in [-0.25, -0.2) is 0 Å². The van der Waals surface area contributed by atoms with Crippen molar-refractivity contribution in [2.75, 3.05) is 23.3 Å². The van der Waals surface area contributed by atoms with E-state index in [0.29, 0.717) is 0 Å². The molecule has 2 aromatic rings. The van der Waals surface area contributed by atoms with Crippen LogP contribution in [0, 0.1) is 0 Å². The Kier molecular flexibility index (Phi) is 2.44. The van der Waals surface area contributed by atoms with Gasteiger partial charge in [0.05, 0.1) is 0 Å². The highest BCUT2D eigenvalue weighted by atomic mass is 15.1. The number of rotatable bonds is 1. The predicted octanol–water partition coefficient (Wildman–Crippen LogP) is 3.52. The van der Waals surface area contributed by atoms with E-state index in [0.717, 1.165) is 19.0 Å². The van der Waals surface area contributed by atoms with Gasteiger partial charge < -0.3 is 10.2 Å². The van der Waals surface area contributed by atoms with E-state index < -0.39 is 0 Å². The van der Waals surface area contributed by atoms with Gasteiger partial charge >= 0.3 is 0 Å². The predicted molar refractivity (Wildman–Crippen MR) is 78.1 cm³/mol. The first-order valence-electron chi connectivity index (χ1n) is 6.98. The van der Waals surface area contributed by atoms with E-state index in [1.165, 1.54) is 35.5 Å². The number of benzene rings is 1. The average Bonchev–Trinajstić information content (AvgIpc) is 2.49. The van der Waals surface area contributed by atoms with Crippen molar-refractivity contribution >= 4 is 17.1 Å². The molecule has 1 atom stereocenters. The first-order valence-corrected chi connectivity index (χ1v) is 6.98. The number of nitrogens with one attached hydrogen (secondary N) is 1. The molecule has 1 N–H and O–H groups in total. The summed E-state index contributed by atoms with van der Waals surface area (Å²) in [6.07, 6.45) is 6.24. The highest BCUT2D eigenvalue weighted by Gasteiger charge is 2.30. The van der Waals surface area contributed by atoms with Crippen LogP contribution in [-0.2, 0) is 0 Å². The molecule has 3 heterocycles. The molecule has 2 aliphatic rings. The molecule has 0 radical (unpaired) electrons. The molecular formula is C16H17N3. The van der Waals surface area contributed by atoms with Crippen LogP contribution in [0.5, 0.6) is 0 Å². The van der Waals surface area contributed by atoms with E-state index in [4.69, 9.17) is 0 Å². The Morgan fingerprint density at radius 1 is 1.11 bits per heavy atom. The lowest BCUT2D eigenvalue weighted by Gasteiger charge is -2.39. The second kappa shape index (κ2) is 4.26. The molecule has 1 aromatic carbocycles. The topological polar surface area (TPSA) is 28.2 Å². The summed E-state index contributed by atoms with van der Waals surface area (Å²) in [5.74, 6) is 0.727. The number of anilines is 3. The van der Waals surface area contributed by atoms with E-state index in [1.807, 2.05) is 12.4 Å². The zero-order valence-electron chi connectivity index (χ0n) is 10.8. The third-order valence-corrected chi connectivity index (χ3v) is 4.27.